The van der Waals surface area contributed by atoms with Crippen molar-refractivity contribution < 1.29 is 4.79 Å². The summed E-state index contributed by atoms with van der Waals surface area (Å²) < 4.78 is 0. The summed E-state index contributed by atoms with van der Waals surface area (Å²) in [7, 11) is 0. The van der Waals surface area contributed by atoms with Crippen molar-refractivity contribution in [1.29, 1.82) is 0 Å². The molecular weight excluding hydrogens is 362 g/mol. The van der Waals surface area contributed by atoms with Crippen LogP contribution < -0.4 is 10.7 Å². The molecule has 150 valence electrons. The van der Waals surface area contributed by atoms with E-state index >= 15 is 0 Å². The van der Waals surface area contributed by atoms with Gasteiger partial charge in [0.2, 0.25) is 5.91 Å². The Hall–Kier alpha value is -2.92. The minimum atomic E-state index is -0.0536. The second-order valence-corrected chi connectivity index (χ2v) is 8.23. The monoisotopic (exact) mass is 389 g/mol. The summed E-state index contributed by atoms with van der Waals surface area (Å²) in [6.45, 7) is 9.66. The lowest BCUT2D eigenvalue weighted by Crippen LogP contribution is -2.39. The highest BCUT2D eigenvalue weighted by Crippen LogP contribution is 2.22. The predicted octanol–water partition coefficient (Wildman–Crippen LogP) is 3.76. The van der Waals surface area contributed by atoms with Crippen LogP contribution in [-0.4, -0.2) is 28.9 Å². The van der Waals surface area contributed by atoms with E-state index in [1.807, 2.05) is 49.9 Å². The third kappa shape index (κ3) is 3.83. The highest BCUT2D eigenvalue weighted by Gasteiger charge is 2.23. The van der Waals surface area contributed by atoms with Gasteiger partial charge in [0.1, 0.15) is 0 Å². The smallest absolute Gasteiger partial charge is 0.238 e. The van der Waals surface area contributed by atoms with Gasteiger partial charge >= 0.3 is 0 Å². The Morgan fingerprint density at radius 2 is 1.83 bits per heavy atom. The van der Waals surface area contributed by atoms with Crippen molar-refractivity contribution in [3.63, 3.8) is 0 Å². The quantitative estimate of drug-likeness (QED) is 0.717. The lowest BCUT2D eigenvalue weighted by atomic mass is 9.99. The molecule has 0 spiro atoms. The number of aromatic nitrogens is 1. The number of H-pyrrole nitrogens is 1. The van der Waals surface area contributed by atoms with Gasteiger partial charge < -0.3 is 10.3 Å². The maximum absolute atomic E-state index is 13.1. The van der Waals surface area contributed by atoms with Crippen molar-refractivity contribution in [2.75, 3.05) is 18.4 Å². The summed E-state index contributed by atoms with van der Waals surface area (Å²) in [6, 6.07) is 9.92. The van der Waals surface area contributed by atoms with Crippen molar-refractivity contribution in [1.82, 2.24) is 9.88 Å². The molecule has 2 N–H and O–H groups in total. The fraction of sp³-hybridized carbons (Fsp3) is 0.333. The molecule has 2 aromatic carbocycles. The molecule has 0 atom stereocenters. The van der Waals surface area contributed by atoms with Gasteiger partial charge in [-0.05, 0) is 68.1 Å². The first-order valence-corrected chi connectivity index (χ1v) is 10.1. The fourth-order valence-corrected chi connectivity index (χ4v) is 4.23. The number of aromatic amines is 1. The van der Waals surface area contributed by atoms with E-state index in [9.17, 15) is 9.59 Å². The molecule has 0 bridgehead atoms. The molecule has 5 heteroatoms. The molecule has 1 aliphatic rings. The normalized spacial score (nSPS) is 14.1. The van der Waals surface area contributed by atoms with E-state index < -0.39 is 0 Å². The van der Waals surface area contributed by atoms with Crippen molar-refractivity contribution in [2.24, 2.45) is 0 Å². The van der Waals surface area contributed by atoms with E-state index in [0.29, 0.717) is 6.54 Å². The second kappa shape index (κ2) is 7.48. The summed E-state index contributed by atoms with van der Waals surface area (Å²) >= 11 is 0. The Labute approximate surface area is 170 Å². The molecule has 0 aliphatic carbocycles. The maximum atomic E-state index is 13.1. The predicted molar refractivity (Wildman–Crippen MR) is 118 cm³/mol. The topological polar surface area (TPSA) is 65.2 Å². The molecule has 5 nitrogen and oxygen atoms in total. The average Bonchev–Trinajstić information content (AvgIpc) is 2.65. The molecule has 0 unspecified atom stereocenters. The van der Waals surface area contributed by atoms with E-state index in [1.165, 1.54) is 5.56 Å². The molecule has 1 aromatic heterocycles. The van der Waals surface area contributed by atoms with Crippen LogP contribution in [-0.2, 0) is 17.8 Å². The highest BCUT2D eigenvalue weighted by atomic mass is 16.2. The standard InChI is InChI=1S/C24H27N3O2/c1-14-9-15(2)11-18(10-14)25-22(28)13-27-8-7-21-20(12-27)24(29)19-6-5-16(3)17(4)23(19)26-21/h5-6,9-11H,7-8,12-13H2,1-4H3,(H,25,28)(H,26,29). The van der Waals surface area contributed by atoms with E-state index in [1.54, 1.807) is 0 Å². The van der Waals surface area contributed by atoms with Crippen LogP contribution in [0.2, 0.25) is 0 Å². The summed E-state index contributed by atoms with van der Waals surface area (Å²) in [6.07, 6.45) is 0.741. The van der Waals surface area contributed by atoms with Gasteiger partial charge in [-0.1, -0.05) is 12.1 Å². The number of nitrogens with one attached hydrogen (secondary N) is 2. The van der Waals surface area contributed by atoms with Crippen LogP contribution in [0.1, 0.15) is 33.5 Å². The van der Waals surface area contributed by atoms with E-state index in [-0.39, 0.29) is 17.9 Å². The Morgan fingerprint density at radius 1 is 1.10 bits per heavy atom. The first-order valence-electron chi connectivity index (χ1n) is 10.1. The van der Waals surface area contributed by atoms with Gasteiger partial charge in [-0.25, -0.2) is 0 Å². The minimum Gasteiger partial charge on any atom is -0.358 e. The number of aryl methyl sites for hydroxylation is 4. The molecule has 0 saturated carbocycles. The zero-order valence-corrected chi connectivity index (χ0v) is 17.5. The number of amides is 1. The van der Waals surface area contributed by atoms with E-state index in [4.69, 9.17) is 0 Å². The number of nitrogens with zero attached hydrogens (tertiary/aromatic N) is 1. The lowest BCUT2D eigenvalue weighted by molar-refractivity contribution is -0.117. The van der Waals surface area contributed by atoms with Gasteiger partial charge in [-0.15, -0.1) is 0 Å². The molecule has 3 aromatic rings. The van der Waals surface area contributed by atoms with Gasteiger partial charge in [0.05, 0.1) is 12.1 Å². The highest BCUT2D eigenvalue weighted by molar-refractivity contribution is 5.92. The van der Waals surface area contributed by atoms with Crippen molar-refractivity contribution in [3.05, 3.63) is 74.1 Å². The molecule has 4 rings (SSSR count). The minimum absolute atomic E-state index is 0.0536. The van der Waals surface area contributed by atoms with Gasteiger partial charge in [0.15, 0.2) is 5.43 Å². The maximum Gasteiger partial charge on any atom is 0.238 e. The number of hydrogen-bond donors (Lipinski definition) is 2. The van der Waals surface area contributed by atoms with Crippen LogP contribution in [0, 0.1) is 27.7 Å². The number of hydrogen-bond acceptors (Lipinski definition) is 3. The van der Waals surface area contributed by atoms with Crippen LogP contribution in [0.5, 0.6) is 0 Å². The van der Waals surface area contributed by atoms with Crippen LogP contribution in [0.4, 0.5) is 5.69 Å². The van der Waals surface area contributed by atoms with Crippen LogP contribution in [0.25, 0.3) is 10.9 Å². The zero-order valence-electron chi connectivity index (χ0n) is 17.5. The first-order chi connectivity index (χ1) is 13.8. The molecule has 2 heterocycles. The number of fused-ring (bicyclic) bond motifs is 2. The van der Waals surface area contributed by atoms with Crippen LogP contribution in [0.15, 0.2) is 35.1 Å². The van der Waals surface area contributed by atoms with Crippen molar-refractivity contribution >= 4 is 22.5 Å². The molecule has 0 fully saturated rings. The molecule has 1 amide bonds. The zero-order chi connectivity index (χ0) is 20.7. The number of rotatable bonds is 3. The summed E-state index contributed by atoms with van der Waals surface area (Å²) in [5.41, 5.74) is 8.16. The summed E-state index contributed by atoms with van der Waals surface area (Å²) in [5.74, 6) is -0.0536. The third-order valence-corrected chi connectivity index (χ3v) is 5.83. The van der Waals surface area contributed by atoms with Gasteiger partial charge in [-0.2, -0.15) is 0 Å². The van der Waals surface area contributed by atoms with Crippen molar-refractivity contribution in [2.45, 2.75) is 40.7 Å². The fourth-order valence-electron chi connectivity index (χ4n) is 4.23. The Balaban J connectivity index is 1.54. The van der Waals surface area contributed by atoms with Gasteiger partial charge in [-0.3, -0.25) is 14.5 Å². The third-order valence-electron chi connectivity index (χ3n) is 5.83. The van der Waals surface area contributed by atoms with Crippen molar-refractivity contribution in [3.8, 4) is 0 Å². The average molecular weight is 389 g/mol. The van der Waals surface area contributed by atoms with Crippen LogP contribution in [0.3, 0.4) is 0 Å². The molecule has 0 saturated heterocycles. The molecule has 0 radical (unpaired) electrons. The summed E-state index contributed by atoms with van der Waals surface area (Å²) in [4.78, 5) is 31.2. The number of pyridine rings is 1. The summed E-state index contributed by atoms with van der Waals surface area (Å²) in [5, 5.41) is 3.72. The number of benzene rings is 2. The number of carbonyl (C=O) groups excluding carboxylic acids is 1. The first kappa shape index (κ1) is 19.4. The van der Waals surface area contributed by atoms with E-state index in [0.717, 1.165) is 57.5 Å². The molecule has 1 aliphatic heterocycles. The van der Waals surface area contributed by atoms with Gasteiger partial charge in [0.25, 0.3) is 0 Å². The van der Waals surface area contributed by atoms with Crippen LogP contribution >= 0.6 is 0 Å². The largest absolute Gasteiger partial charge is 0.358 e. The SMILES string of the molecule is Cc1cc(C)cc(NC(=O)CN2CCc3[nH]c4c(C)c(C)ccc4c(=O)c3C2)c1. The number of anilines is 1. The lowest BCUT2D eigenvalue weighted by Gasteiger charge is -2.28. The molecular formula is C24H27N3O2. The van der Waals surface area contributed by atoms with E-state index in [2.05, 4.69) is 23.3 Å². The second-order valence-electron chi connectivity index (χ2n) is 8.23. The molecule has 29 heavy (non-hydrogen) atoms. The Morgan fingerprint density at radius 3 is 2.55 bits per heavy atom. The van der Waals surface area contributed by atoms with Gasteiger partial charge in [0, 0.05) is 41.8 Å². The number of carbonyl (C=O) groups is 1. The Bertz CT molecular complexity index is 1160. The Kier molecular flexibility index (Phi) is 5.01.